The summed E-state index contributed by atoms with van der Waals surface area (Å²) in [5.74, 6) is 0. The lowest BCUT2D eigenvalue weighted by Gasteiger charge is -2.33. The van der Waals surface area contributed by atoms with Crippen molar-refractivity contribution in [3.05, 3.63) is 47.5 Å². The van der Waals surface area contributed by atoms with Crippen LogP contribution >= 0.6 is 0 Å². The molecule has 0 amide bonds. The Labute approximate surface area is 135 Å². The summed E-state index contributed by atoms with van der Waals surface area (Å²) in [5, 5.41) is 2.64. The molecule has 0 aliphatic heterocycles. The predicted molar refractivity (Wildman–Crippen MR) is 98.3 cm³/mol. The quantitative estimate of drug-likeness (QED) is 0.676. The van der Waals surface area contributed by atoms with Crippen molar-refractivity contribution in [2.75, 3.05) is 0 Å². The molecule has 0 fully saturated rings. The molecule has 0 saturated heterocycles. The molecule has 0 saturated carbocycles. The Kier molecular flexibility index (Phi) is 3.84. The molecule has 0 bridgehead atoms. The standard InChI is InChI=1S/C18H26O2Si2/c1-21(2,3)19-17-14-11-7-9-13-10-8-12-15(16(13)14)18(17)20-22(4,5)6/h7-12,17-18H,1-6H3/t17-,18+. The van der Waals surface area contributed by atoms with Gasteiger partial charge in [0.25, 0.3) is 0 Å². The van der Waals surface area contributed by atoms with E-state index in [0.717, 1.165) is 0 Å². The molecule has 2 aromatic carbocycles. The third-order valence-corrected chi connectivity index (χ3v) is 5.74. The van der Waals surface area contributed by atoms with E-state index < -0.39 is 16.6 Å². The minimum absolute atomic E-state index is 0.0412. The molecule has 1 aliphatic carbocycles. The zero-order valence-corrected chi connectivity index (χ0v) is 16.4. The molecule has 2 atom stereocenters. The molecule has 0 heterocycles. The molecule has 0 spiro atoms. The Hall–Kier alpha value is -0.946. The van der Waals surface area contributed by atoms with E-state index in [1.54, 1.807) is 0 Å². The second-order valence-electron chi connectivity index (χ2n) is 8.09. The highest BCUT2D eigenvalue weighted by Crippen LogP contribution is 2.49. The zero-order chi connectivity index (χ0) is 16.1. The Morgan fingerprint density at radius 3 is 1.45 bits per heavy atom. The monoisotopic (exact) mass is 330 g/mol. The molecule has 0 aromatic heterocycles. The van der Waals surface area contributed by atoms with Crippen LogP contribution in [0, 0.1) is 0 Å². The summed E-state index contributed by atoms with van der Waals surface area (Å²) in [4.78, 5) is 0. The fraction of sp³-hybridized carbons (Fsp3) is 0.444. The summed E-state index contributed by atoms with van der Waals surface area (Å²) in [5.41, 5.74) is 2.61. The predicted octanol–water partition coefficient (Wildman–Crippen LogP) is 5.64. The van der Waals surface area contributed by atoms with Crippen LogP contribution in [0.4, 0.5) is 0 Å². The van der Waals surface area contributed by atoms with Crippen LogP contribution in [0.15, 0.2) is 36.4 Å². The summed E-state index contributed by atoms with van der Waals surface area (Å²) in [6.07, 6.45) is 0.0824. The summed E-state index contributed by atoms with van der Waals surface area (Å²) < 4.78 is 13.1. The molecule has 4 heteroatoms. The van der Waals surface area contributed by atoms with Crippen LogP contribution < -0.4 is 0 Å². The first kappa shape index (κ1) is 15.9. The molecule has 0 unspecified atom stereocenters. The number of hydrogen-bond acceptors (Lipinski definition) is 2. The fourth-order valence-electron chi connectivity index (χ4n) is 3.21. The van der Waals surface area contributed by atoms with Gasteiger partial charge in [-0.3, -0.25) is 0 Å². The molecule has 2 aromatic rings. The Morgan fingerprint density at radius 2 is 1.09 bits per heavy atom. The van der Waals surface area contributed by atoms with Crippen LogP contribution in [-0.4, -0.2) is 16.6 Å². The average molecular weight is 331 g/mol. The average Bonchev–Trinajstić information content (AvgIpc) is 2.64. The summed E-state index contributed by atoms with van der Waals surface area (Å²) in [6.45, 7) is 13.5. The maximum atomic E-state index is 6.57. The van der Waals surface area contributed by atoms with Crippen molar-refractivity contribution in [3.8, 4) is 0 Å². The van der Waals surface area contributed by atoms with Crippen molar-refractivity contribution in [3.63, 3.8) is 0 Å². The smallest absolute Gasteiger partial charge is 0.184 e. The van der Waals surface area contributed by atoms with Gasteiger partial charge in [0.1, 0.15) is 12.2 Å². The topological polar surface area (TPSA) is 18.5 Å². The lowest BCUT2D eigenvalue weighted by Crippen LogP contribution is -2.34. The minimum Gasteiger partial charge on any atom is -0.408 e. The first-order chi connectivity index (χ1) is 10.2. The maximum absolute atomic E-state index is 6.57. The maximum Gasteiger partial charge on any atom is 0.184 e. The first-order valence-corrected chi connectivity index (χ1v) is 14.8. The largest absolute Gasteiger partial charge is 0.408 e. The van der Waals surface area contributed by atoms with Gasteiger partial charge >= 0.3 is 0 Å². The number of rotatable bonds is 4. The van der Waals surface area contributed by atoms with Crippen molar-refractivity contribution in [2.45, 2.75) is 51.5 Å². The Balaban J connectivity index is 2.13. The van der Waals surface area contributed by atoms with Crippen molar-refractivity contribution in [1.82, 2.24) is 0 Å². The second-order valence-corrected chi connectivity index (χ2v) is 17.0. The van der Waals surface area contributed by atoms with E-state index >= 15 is 0 Å². The van der Waals surface area contributed by atoms with Crippen molar-refractivity contribution in [2.24, 2.45) is 0 Å². The highest BCUT2D eigenvalue weighted by atomic mass is 28.4. The van der Waals surface area contributed by atoms with Gasteiger partial charge in [0.2, 0.25) is 0 Å². The van der Waals surface area contributed by atoms with Crippen molar-refractivity contribution < 1.29 is 8.85 Å². The van der Waals surface area contributed by atoms with E-state index in [4.69, 9.17) is 8.85 Å². The van der Waals surface area contributed by atoms with E-state index in [1.165, 1.54) is 21.9 Å². The molecule has 118 valence electrons. The van der Waals surface area contributed by atoms with Gasteiger partial charge in [-0.1, -0.05) is 36.4 Å². The van der Waals surface area contributed by atoms with E-state index in [2.05, 4.69) is 75.7 Å². The molecular formula is C18H26O2Si2. The van der Waals surface area contributed by atoms with Gasteiger partial charge < -0.3 is 8.85 Å². The van der Waals surface area contributed by atoms with Gasteiger partial charge in [-0.2, -0.15) is 0 Å². The molecule has 2 nitrogen and oxygen atoms in total. The van der Waals surface area contributed by atoms with Gasteiger partial charge in [-0.25, -0.2) is 0 Å². The third kappa shape index (κ3) is 3.06. The van der Waals surface area contributed by atoms with E-state index in [9.17, 15) is 0 Å². The van der Waals surface area contributed by atoms with Crippen LogP contribution in [-0.2, 0) is 8.85 Å². The third-order valence-electron chi connectivity index (χ3n) is 3.82. The molecule has 0 radical (unpaired) electrons. The summed E-state index contributed by atoms with van der Waals surface area (Å²) in [7, 11) is -3.32. The van der Waals surface area contributed by atoms with Crippen LogP contribution in [0.2, 0.25) is 39.3 Å². The normalized spacial score (nSPS) is 21.5. The zero-order valence-electron chi connectivity index (χ0n) is 14.4. The molecule has 3 rings (SSSR count). The van der Waals surface area contributed by atoms with Gasteiger partial charge in [-0.05, 0) is 61.2 Å². The van der Waals surface area contributed by atoms with Crippen molar-refractivity contribution >= 4 is 27.4 Å². The SMILES string of the molecule is C[Si](C)(C)O[C@@H]1c2cccc3cccc(c23)[C@@H]1O[Si](C)(C)C. The molecule has 0 N–H and O–H groups in total. The molecular weight excluding hydrogens is 304 g/mol. The highest BCUT2D eigenvalue weighted by Gasteiger charge is 2.40. The van der Waals surface area contributed by atoms with Crippen LogP contribution in [0.5, 0.6) is 0 Å². The van der Waals surface area contributed by atoms with Gasteiger partial charge in [-0.15, -0.1) is 0 Å². The molecule has 1 aliphatic rings. The molecule has 22 heavy (non-hydrogen) atoms. The van der Waals surface area contributed by atoms with Gasteiger partial charge in [0.05, 0.1) is 0 Å². The Morgan fingerprint density at radius 1 is 0.682 bits per heavy atom. The van der Waals surface area contributed by atoms with Gasteiger partial charge in [0, 0.05) is 0 Å². The Bertz CT molecular complexity index is 642. The van der Waals surface area contributed by atoms with Crippen LogP contribution in [0.1, 0.15) is 23.3 Å². The van der Waals surface area contributed by atoms with E-state index in [-0.39, 0.29) is 12.2 Å². The summed E-state index contributed by atoms with van der Waals surface area (Å²) >= 11 is 0. The number of hydrogen-bond donors (Lipinski definition) is 0. The number of benzene rings is 2. The second kappa shape index (κ2) is 5.30. The lowest BCUT2D eigenvalue weighted by atomic mass is 10.1. The minimum atomic E-state index is -1.66. The van der Waals surface area contributed by atoms with Crippen LogP contribution in [0.3, 0.4) is 0 Å². The van der Waals surface area contributed by atoms with Crippen LogP contribution in [0.25, 0.3) is 10.8 Å². The van der Waals surface area contributed by atoms with Crippen molar-refractivity contribution in [1.29, 1.82) is 0 Å². The lowest BCUT2D eigenvalue weighted by molar-refractivity contribution is 0.0502. The fourth-order valence-corrected chi connectivity index (χ4v) is 5.24. The van der Waals surface area contributed by atoms with Gasteiger partial charge in [0.15, 0.2) is 16.6 Å². The highest BCUT2D eigenvalue weighted by molar-refractivity contribution is 6.70. The summed E-state index contributed by atoms with van der Waals surface area (Å²) in [6, 6.07) is 13.1. The van der Waals surface area contributed by atoms with E-state index in [1.807, 2.05) is 0 Å². The van der Waals surface area contributed by atoms with E-state index in [0.29, 0.717) is 0 Å². The first-order valence-electron chi connectivity index (χ1n) is 8.03.